The van der Waals surface area contributed by atoms with Crippen LogP contribution in [0.4, 0.5) is 5.69 Å². The highest BCUT2D eigenvalue weighted by Crippen LogP contribution is 2.54. The van der Waals surface area contributed by atoms with Crippen LogP contribution < -0.4 is 20.5 Å². The minimum Gasteiger partial charge on any atom is -0.508 e. The molecule has 0 fully saturated rings. The Hall–Kier alpha value is -7.04. The average Bonchev–Trinajstić information content (AvgIpc) is 3.48. The second-order valence-electron chi connectivity index (χ2n) is 20.6. The van der Waals surface area contributed by atoms with E-state index in [2.05, 4.69) is 71.7 Å². The van der Waals surface area contributed by atoms with Crippen molar-refractivity contribution in [2.24, 2.45) is 22.6 Å². The number of aryl methyl sites for hydroxylation is 3. The standard InChI is InChI=1S/C63H71N3O9/c1-5-73-28-25-41-11-8-13-43(30-41)37-63-26-24-51-58(61(70)71)53(50-22-16-39(2)52-36-54(69)60(63)59(51)57(50)52)38-75-56-32-42(18-23-55(56)72-4)17-20-48(68)35-49(74-29-27-63)34-45-33-47(67)21-19-44(45)14-7-6-10-40-12-9-15-46(31-40)66-62(64)65-3/h8-9,11-13,15-16,18-19,21-23,30-33,36,39,44-45,49,61,67,69-71H,5-7,10,14,17,20,24-26,28,34-35,37-38H2,1-4H3,(H3,64,65,66). The number of hydrogen-bond donors (Lipinski definition) is 6. The number of aliphatic hydroxyl groups excluding tert-OH is 2. The molecule has 8 bridgehead atoms. The number of aliphatic hydroxyl groups is 3. The summed E-state index contributed by atoms with van der Waals surface area (Å²) >= 11 is 0. The number of hydrogen-bond acceptors (Lipinski definition) is 10. The van der Waals surface area contributed by atoms with Crippen LogP contribution in [0.2, 0.25) is 0 Å². The number of guanidine groups is 1. The van der Waals surface area contributed by atoms with Gasteiger partial charge in [-0.05, 0) is 175 Å². The highest BCUT2D eigenvalue weighted by molar-refractivity contribution is 6.04. The van der Waals surface area contributed by atoms with Gasteiger partial charge in [-0.25, -0.2) is 0 Å². The number of aliphatic imine (C=N–C) groups is 1. The van der Waals surface area contributed by atoms with Crippen LogP contribution >= 0.6 is 0 Å². The lowest BCUT2D eigenvalue weighted by Crippen LogP contribution is -2.33. The molecule has 10 rings (SSSR count). The maximum atomic E-state index is 14.2. The first-order valence-corrected chi connectivity index (χ1v) is 26.6. The van der Waals surface area contributed by atoms with E-state index in [9.17, 15) is 25.2 Å². The second-order valence-corrected chi connectivity index (χ2v) is 20.6. The quantitative estimate of drug-likeness (QED) is 0.0182. The zero-order chi connectivity index (χ0) is 52.6. The van der Waals surface area contributed by atoms with Gasteiger partial charge in [0.25, 0.3) is 0 Å². The Morgan fingerprint density at radius 1 is 0.933 bits per heavy atom. The number of Topliss-reactive ketones (excluding diaryl/α,β-unsaturated/α-hetero) is 1. The number of rotatable bonds is 16. The molecule has 0 aromatic heterocycles. The van der Waals surface area contributed by atoms with Crippen LogP contribution in [-0.2, 0) is 58.4 Å². The highest BCUT2D eigenvalue weighted by Gasteiger charge is 2.43. The van der Waals surface area contributed by atoms with Crippen LogP contribution in [-0.4, -0.2) is 65.6 Å². The first-order valence-electron chi connectivity index (χ1n) is 26.6. The van der Waals surface area contributed by atoms with Crippen molar-refractivity contribution in [3.8, 4) is 29.3 Å². The van der Waals surface area contributed by atoms with Crippen LogP contribution in [0.3, 0.4) is 0 Å². The average molecular weight is 1010 g/mol. The van der Waals surface area contributed by atoms with Gasteiger partial charge in [-0.2, -0.15) is 0 Å². The molecule has 7 N–H and O–H groups in total. The normalized spacial score (nSPS) is 21.2. The van der Waals surface area contributed by atoms with E-state index in [0.717, 1.165) is 81.9 Å². The molecule has 5 atom stereocenters. The summed E-state index contributed by atoms with van der Waals surface area (Å²) in [6, 6.07) is 24.1. The largest absolute Gasteiger partial charge is 0.508 e. The van der Waals surface area contributed by atoms with E-state index < -0.39 is 17.8 Å². The van der Waals surface area contributed by atoms with Crippen LogP contribution in [0, 0.1) is 23.9 Å². The molecule has 5 aromatic carbocycles. The molecule has 392 valence electrons. The molecule has 0 saturated heterocycles. The fourth-order valence-corrected chi connectivity index (χ4v) is 11.9. The van der Waals surface area contributed by atoms with Gasteiger partial charge in [0.05, 0.1) is 19.1 Å². The number of unbranched alkanes of at least 4 members (excludes halogenated alkanes) is 1. The van der Waals surface area contributed by atoms with Crippen molar-refractivity contribution in [2.45, 2.75) is 121 Å². The summed E-state index contributed by atoms with van der Waals surface area (Å²) in [6.45, 7) is 5.30. The predicted molar refractivity (Wildman–Crippen MR) is 295 cm³/mol. The first kappa shape index (κ1) is 52.8. The smallest absolute Gasteiger partial charge is 0.192 e. The minimum absolute atomic E-state index is 0.00539. The number of allylic oxidation sites excluding steroid dienone is 4. The van der Waals surface area contributed by atoms with E-state index in [-0.39, 0.29) is 54.5 Å². The Morgan fingerprint density at radius 2 is 1.75 bits per heavy atom. The summed E-state index contributed by atoms with van der Waals surface area (Å²) in [5.41, 5.74) is 14.1. The van der Waals surface area contributed by atoms with Gasteiger partial charge in [0, 0.05) is 54.8 Å². The van der Waals surface area contributed by atoms with Gasteiger partial charge < -0.3 is 50.4 Å². The monoisotopic (exact) mass is 1010 g/mol. The Kier molecular flexibility index (Phi) is 16.7. The van der Waals surface area contributed by atoms with E-state index in [4.69, 9.17) is 24.7 Å². The van der Waals surface area contributed by atoms with Crippen LogP contribution in [0.5, 0.6) is 17.2 Å². The molecular weight excluding hydrogens is 943 g/mol. The molecule has 0 amide bonds. The lowest BCUT2D eigenvalue weighted by Gasteiger charge is -2.39. The molecule has 5 aromatic rings. The second kappa shape index (κ2) is 23.7. The van der Waals surface area contributed by atoms with Crippen LogP contribution in [0.1, 0.15) is 127 Å². The number of methoxy groups -OCH3 is 1. The van der Waals surface area contributed by atoms with Crippen molar-refractivity contribution in [1.82, 2.24) is 0 Å². The molecule has 5 aliphatic rings. The SMILES string of the molecule is CCOCCc1cccc(CC23C#COC(CC4C=C(O)C=CC4CCCCc4cccc(NC(N)=NC)c4)CC(=O)CCc4ccc(OC)c(c4)OCc4c(C(O)O)c(c5c2c(O)cc2c5c4C=CC2C)CC3)c1. The van der Waals surface area contributed by atoms with Crippen molar-refractivity contribution in [1.29, 1.82) is 0 Å². The summed E-state index contributed by atoms with van der Waals surface area (Å²) in [5, 5.41) is 51.2. The van der Waals surface area contributed by atoms with Crippen molar-refractivity contribution >= 4 is 34.3 Å². The zero-order valence-corrected chi connectivity index (χ0v) is 43.7. The Morgan fingerprint density at radius 3 is 2.55 bits per heavy atom. The maximum Gasteiger partial charge on any atom is 0.192 e. The number of nitrogens with one attached hydrogen (secondary N) is 1. The number of carbonyl (C=O) groups is 1. The molecule has 12 nitrogen and oxygen atoms in total. The predicted octanol–water partition coefficient (Wildman–Crippen LogP) is 10.9. The van der Waals surface area contributed by atoms with Gasteiger partial charge in [0.15, 0.2) is 23.7 Å². The topological polar surface area (TPSA) is 185 Å². The van der Waals surface area contributed by atoms with E-state index in [1.165, 1.54) is 5.56 Å². The highest BCUT2D eigenvalue weighted by atomic mass is 16.5. The first-order chi connectivity index (χ1) is 36.4. The summed E-state index contributed by atoms with van der Waals surface area (Å²) in [7, 11) is 3.23. The van der Waals surface area contributed by atoms with Gasteiger partial charge in [-0.3, -0.25) is 9.79 Å². The van der Waals surface area contributed by atoms with E-state index >= 15 is 0 Å². The number of aromatic hydroxyl groups is 1. The van der Waals surface area contributed by atoms with Gasteiger partial charge in [0.2, 0.25) is 0 Å². The number of nitrogens with two attached hydrogens (primary N) is 1. The zero-order valence-electron chi connectivity index (χ0n) is 43.7. The van der Waals surface area contributed by atoms with Crippen molar-refractivity contribution in [2.75, 3.05) is 32.7 Å². The Balaban J connectivity index is 1.12. The maximum absolute atomic E-state index is 14.2. The summed E-state index contributed by atoms with van der Waals surface area (Å²) < 4.78 is 24.9. The fraction of sp³-hybridized carbons (Fsp3) is 0.397. The molecule has 0 saturated carbocycles. The summed E-state index contributed by atoms with van der Waals surface area (Å²) in [4.78, 5) is 18.3. The third kappa shape index (κ3) is 11.9. The van der Waals surface area contributed by atoms with Crippen LogP contribution in [0.15, 0.2) is 108 Å². The van der Waals surface area contributed by atoms with Gasteiger partial charge in [0.1, 0.15) is 36.1 Å². The number of anilines is 1. The van der Waals surface area contributed by atoms with Gasteiger partial charge in [-0.15, -0.1) is 0 Å². The number of nitrogens with zero attached hydrogens (tertiary/aromatic N) is 1. The van der Waals surface area contributed by atoms with Crippen molar-refractivity contribution in [3.63, 3.8) is 0 Å². The lowest BCUT2D eigenvalue weighted by atomic mass is 9.64. The van der Waals surface area contributed by atoms with Crippen molar-refractivity contribution < 1.29 is 44.2 Å². The Bertz CT molecular complexity index is 3110. The third-order valence-corrected chi connectivity index (χ3v) is 15.6. The van der Waals surface area contributed by atoms with Gasteiger partial charge >= 0.3 is 0 Å². The molecule has 2 heterocycles. The number of ketones is 1. The molecule has 12 heteroatoms. The lowest BCUT2D eigenvalue weighted by molar-refractivity contribution is -0.121. The van der Waals surface area contributed by atoms with E-state index in [1.807, 2.05) is 61.5 Å². The number of phenols is 1. The third-order valence-electron chi connectivity index (χ3n) is 15.6. The number of phenolic OH excluding ortho intramolecular Hbond substituents is 1. The fourth-order valence-electron chi connectivity index (χ4n) is 11.9. The summed E-state index contributed by atoms with van der Waals surface area (Å²) in [5.74, 6) is 5.13. The summed E-state index contributed by atoms with van der Waals surface area (Å²) in [6.07, 6.45) is 17.4. The van der Waals surface area contributed by atoms with E-state index in [0.29, 0.717) is 79.5 Å². The molecule has 2 aliphatic heterocycles. The van der Waals surface area contributed by atoms with Gasteiger partial charge in [-0.1, -0.05) is 74.0 Å². The molecular formula is C63H71N3O9. The van der Waals surface area contributed by atoms with E-state index in [1.54, 1.807) is 20.2 Å². The number of ether oxygens (including phenoxy) is 4. The van der Waals surface area contributed by atoms with Crippen LogP contribution in [0.25, 0.3) is 16.8 Å². The number of fused-ring (bicyclic) bond motifs is 7. The molecule has 75 heavy (non-hydrogen) atoms. The molecule has 3 aliphatic carbocycles. The van der Waals surface area contributed by atoms with Crippen molar-refractivity contribution in [3.05, 3.63) is 158 Å². The molecule has 5 unspecified atom stereocenters. The molecule has 0 radical (unpaired) electrons. The number of carbonyl (C=O) groups excluding carboxylic acids is 1. The molecule has 0 spiro atoms. The minimum atomic E-state index is -1.85. The number of benzene rings is 5. The Labute approximate surface area is 441 Å².